The first-order valence-electron chi connectivity index (χ1n) is 5.96. The lowest BCUT2D eigenvalue weighted by molar-refractivity contribution is 0.0447. The third-order valence-electron chi connectivity index (χ3n) is 3.39. The number of hydrogen-bond acceptors (Lipinski definition) is 3. The van der Waals surface area contributed by atoms with Gasteiger partial charge in [0.15, 0.2) is 0 Å². The normalized spacial score (nSPS) is 23.0. The van der Waals surface area contributed by atoms with Gasteiger partial charge in [-0.2, -0.15) is 0 Å². The molecule has 1 saturated heterocycles. The van der Waals surface area contributed by atoms with Crippen LogP contribution in [-0.4, -0.2) is 47.5 Å². The zero-order valence-corrected chi connectivity index (χ0v) is 10.2. The van der Waals surface area contributed by atoms with Crippen LogP contribution in [-0.2, 0) is 0 Å². The Morgan fingerprint density at radius 2 is 1.87 bits per heavy atom. The molecule has 1 atom stereocenters. The smallest absolute Gasteiger partial charge is 0.0541 e. The highest BCUT2D eigenvalue weighted by atomic mass is 16.3. The van der Waals surface area contributed by atoms with Crippen LogP contribution in [0.2, 0.25) is 0 Å². The summed E-state index contributed by atoms with van der Waals surface area (Å²) < 4.78 is 0. The van der Waals surface area contributed by atoms with Crippen LogP contribution in [0.15, 0.2) is 0 Å². The molecule has 0 spiro atoms. The number of piperidine rings is 1. The van der Waals surface area contributed by atoms with Crippen LogP contribution in [0, 0.1) is 11.3 Å². The average molecular weight is 215 g/mol. The molecular formula is C12H25NO2. The van der Waals surface area contributed by atoms with Gasteiger partial charge in [-0.15, -0.1) is 0 Å². The van der Waals surface area contributed by atoms with Gasteiger partial charge in [-0.05, 0) is 38.8 Å². The van der Waals surface area contributed by atoms with E-state index in [9.17, 15) is 10.2 Å². The van der Waals surface area contributed by atoms with Crippen molar-refractivity contribution in [2.24, 2.45) is 11.3 Å². The van der Waals surface area contributed by atoms with Crippen LogP contribution in [0.1, 0.15) is 33.6 Å². The molecule has 90 valence electrons. The van der Waals surface area contributed by atoms with Crippen molar-refractivity contribution >= 4 is 0 Å². The van der Waals surface area contributed by atoms with Crippen LogP contribution < -0.4 is 0 Å². The monoisotopic (exact) mass is 215 g/mol. The van der Waals surface area contributed by atoms with Gasteiger partial charge in [0.2, 0.25) is 0 Å². The summed E-state index contributed by atoms with van der Waals surface area (Å²) >= 11 is 0. The van der Waals surface area contributed by atoms with E-state index in [4.69, 9.17) is 0 Å². The number of rotatable bonds is 4. The second-order valence-corrected chi connectivity index (χ2v) is 5.68. The molecule has 0 amide bonds. The number of aliphatic hydroxyl groups excluding tert-OH is 2. The standard InChI is InChI=1S/C12H25NO2/c1-10(15)11-4-6-13(7-5-11)8-12(2,3)9-14/h10-11,14-15H,4-9H2,1-3H3. The average Bonchev–Trinajstić information content (AvgIpc) is 2.18. The summed E-state index contributed by atoms with van der Waals surface area (Å²) in [5.74, 6) is 0.471. The molecule has 1 heterocycles. The van der Waals surface area contributed by atoms with Crippen LogP contribution in [0.3, 0.4) is 0 Å². The van der Waals surface area contributed by atoms with E-state index in [0.29, 0.717) is 5.92 Å². The molecule has 0 radical (unpaired) electrons. The molecule has 1 aliphatic rings. The first-order valence-corrected chi connectivity index (χ1v) is 5.96. The van der Waals surface area contributed by atoms with Crippen LogP contribution >= 0.6 is 0 Å². The first-order chi connectivity index (χ1) is 6.94. The molecular weight excluding hydrogens is 190 g/mol. The summed E-state index contributed by atoms with van der Waals surface area (Å²) in [5, 5.41) is 18.7. The Hall–Kier alpha value is -0.120. The van der Waals surface area contributed by atoms with Gasteiger partial charge in [0.05, 0.1) is 6.10 Å². The zero-order chi connectivity index (χ0) is 11.5. The molecule has 0 aromatic carbocycles. The molecule has 3 heteroatoms. The Morgan fingerprint density at radius 3 is 2.27 bits per heavy atom. The third-order valence-corrected chi connectivity index (χ3v) is 3.39. The number of nitrogens with zero attached hydrogens (tertiary/aromatic N) is 1. The summed E-state index contributed by atoms with van der Waals surface area (Å²) in [6.07, 6.45) is 2.00. The van der Waals surface area contributed by atoms with Gasteiger partial charge in [-0.3, -0.25) is 0 Å². The fourth-order valence-corrected chi connectivity index (χ4v) is 2.25. The molecule has 0 aliphatic carbocycles. The third kappa shape index (κ3) is 4.09. The van der Waals surface area contributed by atoms with E-state index in [1.807, 2.05) is 6.92 Å². The van der Waals surface area contributed by atoms with Gasteiger partial charge in [-0.25, -0.2) is 0 Å². The van der Waals surface area contributed by atoms with Crippen molar-refractivity contribution in [1.29, 1.82) is 0 Å². The number of likely N-dealkylation sites (tertiary alicyclic amines) is 1. The molecule has 1 fully saturated rings. The van der Waals surface area contributed by atoms with Crippen molar-refractivity contribution in [3.8, 4) is 0 Å². The van der Waals surface area contributed by atoms with E-state index in [1.54, 1.807) is 0 Å². The number of aliphatic hydroxyl groups is 2. The van der Waals surface area contributed by atoms with Crippen LogP contribution in [0.25, 0.3) is 0 Å². The Kier molecular flexibility index (Phi) is 4.56. The second kappa shape index (κ2) is 5.28. The second-order valence-electron chi connectivity index (χ2n) is 5.68. The minimum absolute atomic E-state index is 0.00231. The van der Waals surface area contributed by atoms with Gasteiger partial charge in [0.1, 0.15) is 0 Å². The summed E-state index contributed by atoms with van der Waals surface area (Å²) in [4.78, 5) is 2.40. The highest BCUT2D eigenvalue weighted by molar-refractivity contribution is 4.79. The van der Waals surface area contributed by atoms with E-state index in [0.717, 1.165) is 32.5 Å². The van der Waals surface area contributed by atoms with Gasteiger partial charge in [0.25, 0.3) is 0 Å². The molecule has 15 heavy (non-hydrogen) atoms. The summed E-state index contributed by atoms with van der Waals surface area (Å²) in [7, 11) is 0. The molecule has 3 nitrogen and oxygen atoms in total. The zero-order valence-electron chi connectivity index (χ0n) is 10.2. The van der Waals surface area contributed by atoms with Crippen molar-refractivity contribution in [3.05, 3.63) is 0 Å². The molecule has 0 bridgehead atoms. The highest BCUT2D eigenvalue weighted by Gasteiger charge is 2.26. The van der Waals surface area contributed by atoms with E-state index < -0.39 is 0 Å². The Balaban J connectivity index is 2.32. The first kappa shape index (κ1) is 12.9. The molecule has 0 aromatic heterocycles. The minimum Gasteiger partial charge on any atom is -0.396 e. The topological polar surface area (TPSA) is 43.7 Å². The molecule has 1 rings (SSSR count). The Labute approximate surface area is 93.1 Å². The Morgan fingerprint density at radius 1 is 1.33 bits per heavy atom. The quantitative estimate of drug-likeness (QED) is 0.738. The fraction of sp³-hybridized carbons (Fsp3) is 1.00. The molecule has 2 N–H and O–H groups in total. The van der Waals surface area contributed by atoms with Crippen molar-refractivity contribution in [3.63, 3.8) is 0 Å². The van der Waals surface area contributed by atoms with Crippen molar-refractivity contribution in [1.82, 2.24) is 4.90 Å². The van der Waals surface area contributed by atoms with Crippen molar-refractivity contribution in [2.45, 2.75) is 39.7 Å². The molecule has 1 unspecified atom stereocenters. The summed E-state index contributed by atoms with van der Waals surface area (Å²) in [5.41, 5.74) is -0.00231. The highest BCUT2D eigenvalue weighted by Crippen LogP contribution is 2.23. The molecule has 0 aromatic rings. The van der Waals surface area contributed by atoms with Crippen molar-refractivity contribution in [2.75, 3.05) is 26.2 Å². The van der Waals surface area contributed by atoms with Gasteiger partial charge in [0, 0.05) is 18.6 Å². The van der Waals surface area contributed by atoms with E-state index in [2.05, 4.69) is 18.7 Å². The predicted octanol–water partition coefficient (Wildman–Crippen LogP) is 1.10. The lowest BCUT2D eigenvalue weighted by Gasteiger charge is -2.37. The fourth-order valence-electron chi connectivity index (χ4n) is 2.25. The molecule has 1 aliphatic heterocycles. The summed E-state index contributed by atoms with van der Waals surface area (Å²) in [6.45, 7) is 9.37. The lowest BCUT2D eigenvalue weighted by Crippen LogP contribution is -2.42. The van der Waals surface area contributed by atoms with Crippen LogP contribution in [0.5, 0.6) is 0 Å². The van der Waals surface area contributed by atoms with E-state index >= 15 is 0 Å². The predicted molar refractivity (Wildman–Crippen MR) is 61.7 cm³/mol. The SMILES string of the molecule is CC(O)C1CCN(CC(C)(C)CO)CC1. The van der Waals surface area contributed by atoms with Gasteiger partial charge >= 0.3 is 0 Å². The maximum absolute atomic E-state index is 9.48. The van der Waals surface area contributed by atoms with E-state index in [1.165, 1.54) is 0 Å². The minimum atomic E-state index is -0.169. The summed E-state index contributed by atoms with van der Waals surface area (Å²) in [6, 6.07) is 0. The largest absolute Gasteiger partial charge is 0.396 e. The van der Waals surface area contributed by atoms with Gasteiger partial charge < -0.3 is 15.1 Å². The van der Waals surface area contributed by atoms with Crippen LogP contribution in [0.4, 0.5) is 0 Å². The number of hydrogen-bond donors (Lipinski definition) is 2. The van der Waals surface area contributed by atoms with Gasteiger partial charge in [-0.1, -0.05) is 13.8 Å². The maximum atomic E-state index is 9.48. The lowest BCUT2D eigenvalue weighted by atomic mass is 9.89. The van der Waals surface area contributed by atoms with E-state index in [-0.39, 0.29) is 18.1 Å². The maximum Gasteiger partial charge on any atom is 0.0541 e. The molecule has 0 saturated carbocycles. The van der Waals surface area contributed by atoms with Crippen molar-refractivity contribution < 1.29 is 10.2 Å². The Bertz CT molecular complexity index is 184.